The fourth-order valence-corrected chi connectivity index (χ4v) is 2.49. The van der Waals surface area contributed by atoms with E-state index in [-0.39, 0.29) is 5.91 Å². The number of aromatic nitrogens is 1. The summed E-state index contributed by atoms with van der Waals surface area (Å²) in [4.78, 5) is 11.9. The maximum Gasteiger partial charge on any atom is 0.224 e. The Bertz CT molecular complexity index is 434. The lowest BCUT2D eigenvalue weighted by atomic mass is 10.1. The van der Waals surface area contributed by atoms with Gasteiger partial charge in [0.1, 0.15) is 5.76 Å². The molecule has 0 aliphatic carbocycles. The van der Waals surface area contributed by atoms with E-state index in [9.17, 15) is 4.79 Å². The molecular formula is C15H25N3O3. The summed E-state index contributed by atoms with van der Waals surface area (Å²) in [5.74, 6) is 0.725. The molecule has 1 aliphatic rings. The molecule has 1 aromatic rings. The number of piperidine rings is 1. The minimum absolute atomic E-state index is 0.00580. The molecular weight excluding hydrogens is 270 g/mol. The van der Waals surface area contributed by atoms with Gasteiger partial charge in [-0.1, -0.05) is 5.16 Å². The molecule has 1 aromatic heterocycles. The van der Waals surface area contributed by atoms with Gasteiger partial charge in [0.15, 0.2) is 0 Å². The molecule has 118 valence electrons. The number of rotatable bonds is 7. The van der Waals surface area contributed by atoms with E-state index >= 15 is 0 Å². The van der Waals surface area contributed by atoms with Crippen LogP contribution < -0.4 is 10.6 Å². The Hall–Kier alpha value is -1.40. The summed E-state index contributed by atoms with van der Waals surface area (Å²) in [5, 5.41) is 10.1. The van der Waals surface area contributed by atoms with Gasteiger partial charge in [0.05, 0.1) is 18.2 Å². The van der Waals surface area contributed by atoms with Gasteiger partial charge < -0.3 is 19.9 Å². The van der Waals surface area contributed by atoms with E-state index in [1.807, 2.05) is 13.8 Å². The zero-order valence-electron chi connectivity index (χ0n) is 12.9. The Morgan fingerprint density at radius 3 is 2.86 bits per heavy atom. The molecule has 0 atom stereocenters. The summed E-state index contributed by atoms with van der Waals surface area (Å²) < 4.78 is 10.8. The molecule has 0 saturated carbocycles. The summed E-state index contributed by atoms with van der Waals surface area (Å²) in [6.07, 6.45) is 3.72. The molecule has 0 spiro atoms. The third-order valence-electron chi connectivity index (χ3n) is 3.80. The SMILES string of the molecule is Cc1noc(C)c1CC(=O)NCCCOC1CCNCC1. The van der Waals surface area contributed by atoms with Crippen LogP contribution in [0.4, 0.5) is 0 Å². The van der Waals surface area contributed by atoms with Gasteiger partial charge in [-0.3, -0.25) is 4.79 Å². The molecule has 0 radical (unpaired) electrons. The van der Waals surface area contributed by atoms with Crippen molar-refractivity contribution in [2.75, 3.05) is 26.2 Å². The lowest BCUT2D eigenvalue weighted by molar-refractivity contribution is -0.120. The van der Waals surface area contributed by atoms with E-state index in [1.54, 1.807) is 0 Å². The first kappa shape index (κ1) is 16.0. The fraction of sp³-hybridized carbons (Fsp3) is 0.733. The van der Waals surface area contributed by atoms with Crippen molar-refractivity contribution in [1.29, 1.82) is 0 Å². The van der Waals surface area contributed by atoms with Gasteiger partial charge in [0.2, 0.25) is 5.91 Å². The zero-order valence-corrected chi connectivity index (χ0v) is 12.9. The van der Waals surface area contributed by atoms with E-state index < -0.39 is 0 Å². The van der Waals surface area contributed by atoms with Gasteiger partial charge in [-0.05, 0) is 46.2 Å². The number of amides is 1. The summed E-state index contributed by atoms with van der Waals surface area (Å²) >= 11 is 0. The first-order chi connectivity index (χ1) is 10.2. The molecule has 6 nitrogen and oxygen atoms in total. The number of carbonyl (C=O) groups excluding carboxylic acids is 1. The van der Waals surface area contributed by atoms with Crippen molar-refractivity contribution in [1.82, 2.24) is 15.8 Å². The van der Waals surface area contributed by atoms with Crippen LogP contribution in [0.25, 0.3) is 0 Å². The van der Waals surface area contributed by atoms with E-state index in [0.29, 0.717) is 25.7 Å². The smallest absolute Gasteiger partial charge is 0.224 e. The lowest BCUT2D eigenvalue weighted by Gasteiger charge is -2.22. The Kier molecular flexibility index (Phi) is 6.20. The largest absolute Gasteiger partial charge is 0.378 e. The minimum atomic E-state index is 0.00580. The number of hydrogen-bond donors (Lipinski definition) is 2. The van der Waals surface area contributed by atoms with Crippen molar-refractivity contribution in [2.24, 2.45) is 0 Å². The normalized spacial score (nSPS) is 16.1. The van der Waals surface area contributed by atoms with Crippen molar-refractivity contribution < 1.29 is 14.1 Å². The minimum Gasteiger partial charge on any atom is -0.378 e. The molecule has 1 fully saturated rings. The molecule has 0 aromatic carbocycles. The van der Waals surface area contributed by atoms with E-state index in [2.05, 4.69) is 15.8 Å². The molecule has 1 amide bonds. The van der Waals surface area contributed by atoms with Crippen LogP contribution in [0.1, 0.15) is 36.3 Å². The van der Waals surface area contributed by atoms with Gasteiger partial charge in [0.25, 0.3) is 0 Å². The van der Waals surface area contributed by atoms with Crippen LogP contribution in [-0.2, 0) is 16.0 Å². The Morgan fingerprint density at radius 1 is 1.43 bits per heavy atom. The average Bonchev–Trinajstić information content (AvgIpc) is 2.80. The van der Waals surface area contributed by atoms with Crippen LogP contribution in [-0.4, -0.2) is 43.4 Å². The monoisotopic (exact) mass is 295 g/mol. The average molecular weight is 295 g/mol. The molecule has 2 rings (SSSR count). The maximum absolute atomic E-state index is 11.9. The van der Waals surface area contributed by atoms with Crippen LogP contribution in [0.5, 0.6) is 0 Å². The number of nitrogens with zero attached hydrogens (tertiary/aromatic N) is 1. The molecule has 21 heavy (non-hydrogen) atoms. The predicted octanol–water partition coefficient (Wildman–Crippen LogP) is 1.11. The van der Waals surface area contributed by atoms with Gasteiger partial charge in [-0.25, -0.2) is 0 Å². The highest BCUT2D eigenvalue weighted by molar-refractivity contribution is 5.78. The van der Waals surface area contributed by atoms with E-state index in [1.165, 1.54) is 0 Å². The molecule has 1 aliphatic heterocycles. The topological polar surface area (TPSA) is 76.4 Å². The number of carbonyl (C=O) groups is 1. The van der Waals surface area contributed by atoms with Crippen LogP contribution in [0, 0.1) is 13.8 Å². The first-order valence-electron chi connectivity index (χ1n) is 7.67. The lowest BCUT2D eigenvalue weighted by Crippen LogP contribution is -2.33. The molecule has 0 bridgehead atoms. The summed E-state index contributed by atoms with van der Waals surface area (Å²) in [7, 11) is 0. The fourth-order valence-electron chi connectivity index (χ4n) is 2.49. The Morgan fingerprint density at radius 2 is 2.19 bits per heavy atom. The van der Waals surface area contributed by atoms with Crippen molar-refractivity contribution in [3.63, 3.8) is 0 Å². The summed E-state index contributed by atoms with van der Waals surface area (Å²) in [6, 6.07) is 0. The van der Waals surface area contributed by atoms with Crippen molar-refractivity contribution >= 4 is 5.91 Å². The highest BCUT2D eigenvalue weighted by Crippen LogP contribution is 2.12. The van der Waals surface area contributed by atoms with E-state index in [4.69, 9.17) is 9.26 Å². The molecule has 0 unspecified atom stereocenters. The summed E-state index contributed by atoms with van der Waals surface area (Å²) in [5.41, 5.74) is 1.68. The second kappa shape index (κ2) is 8.14. The van der Waals surface area contributed by atoms with Crippen molar-refractivity contribution in [3.05, 3.63) is 17.0 Å². The molecule has 1 saturated heterocycles. The van der Waals surface area contributed by atoms with Crippen LogP contribution in [0.3, 0.4) is 0 Å². The predicted molar refractivity (Wildman–Crippen MR) is 79.2 cm³/mol. The third kappa shape index (κ3) is 5.13. The number of aryl methyl sites for hydroxylation is 2. The molecule has 6 heteroatoms. The maximum atomic E-state index is 11.9. The van der Waals surface area contributed by atoms with Crippen LogP contribution in [0.15, 0.2) is 4.52 Å². The first-order valence-corrected chi connectivity index (χ1v) is 7.67. The highest BCUT2D eigenvalue weighted by atomic mass is 16.5. The zero-order chi connectivity index (χ0) is 15.1. The van der Waals surface area contributed by atoms with Crippen LogP contribution in [0.2, 0.25) is 0 Å². The van der Waals surface area contributed by atoms with Gasteiger partial charge in [-0.15, -0.1) is 0 Å². The molecule has 2 N–H and O–H groups in total. The Balaban J connectivity index is 1.57. The Labute approximate surface area is 125 Å². The number of hydrogen-bond acceptors (Lipinski definition) is 5. The van der Waals surface area contributed by atoms with Gasteiger partial charge >= 0.3 is 0 Å². The highest BCUT2D eigenvalue weighted by Gasteiger charge is 2.14. The van der Waals surface area contributed by atoms with Crippen molar-refractivity contribution in [2.45, 2.75) is 45.6 Å². The van der Waals surface area contributed by atoms with Crippen molar-refractivity contribution in [3.8, 4) is 0 Å². The number of ether oxygens (including phenoxy) is 1. The third-order valence-corrected chi connectivity index (χ3v) is 3.80. The van der Waals surface area contributed by atoms with Gasteiger partial charge in [-0.2, -0.15) is 0 Å². The number of nitrogens with one attached hydrogen (secondary N) is 2. The quantitative estimate of drug-likeness (QED) is 0.737. The standard InChI is InChI=1S/C15H25N3O3/c1-11-14(12(2)21-18-11)10-15(19)17-6-3-9-20-13-4-7-16-8-5-13/h13,16H,3-10H2,1-2H3,(H,17,19). The second-order valence-electron chi connectivity index (χ2n) is 5.50. The molecule has 2 heterocycles. The van der Waals surface area contributed by atoms with Crippen LogP contribution >= 0.6 is 0 Å². The van der Waals surface area contributed by atoms with Gasteiger partial charge in [0, 0.05) is 18.7 Å². The second-order valence-corrected chi connectivity index (χ2v) is 5.50. The van der Waals surface area contributed by atoms with E-state index in [0.717, 1.165) is 49.4 Å². The summed E-state index contributed by atoms with van der Waals surface area (Å²) in [6.45, 7) is 7.11.